The summed E-state index contributed by atoms with van der Waals surface area (Å²) in [6.45, 7) is 0.906. The van der Waals surface area contributed by atoms with E-state index >= 15 is 0 Å². The molecular formula is C23H29N5. The molecule has 5 heteroatoms. The number of hydrogen-bond donors (Lipinski definition) is 1. The van der Waals surface area contributed by atoms with Crippen LogP contribution in [0.5, 0.6) is 0 Å². The number of pyridine rings is 1. The average molecular weight is 376 g/mol. The van der Waals surface area contributed by atoms with Crippen molar-refractivity contribution in [1.29, 1.82) is 0 Å². The van der Waals surface area contributed by atoms with Gasteiger partial charge < -0.3 is 10.2 Å². The zero-order valence-electron chi connectivity index (χ0n) is 16.8. The van der Waals surface area contributed by atoms with Gasteiger partial charge >= 0.3 is 0 Å². The molecule has 28 heavy (non-hydrogen) atoms. The second-order valence-corrected chi connectivity index (χ2v) is 8.04. The Morgan fingerprint density at radius 2 is 1.82 bits per heavy atom. The highest BCUT2D eigenvalue weighted by Crippen LogP contribution is 2.29. The van der Waals surface area contributed by atoms with Gasteiger partial charge in [0.2, 0.25) is 0 Å². The van der Waals surface area contributed by atoms with E-state index in [1.807, 2.05) is 18.5 Å². The minimum Gasteiger partial charge on any atom is -0.362 e. The van der Waals surface area contributed by atoms with E-state index in [1.54, 1.807) is 0 Å². The Balaban J connectivity index is 1.36. The van der Waals surface area contributed by atoms with Crippen LogP contribution >= 0.6 is 0 Å². The molecule has 2 heterocycles. The molecule has 0 aliphatic heterocycles. The van der Waals surface area contributed by atoms with Gasteiger partial charge in [-0.15, -0.1) is 0 Å². The SMILES string of the molecule is CN(C)c1nc(CC2CCC(NCc3cccnc3)CC2)nc2ccccc12. The highest BCUT2D eigenvalue weighted by Gasteiger charge is 2.22. The van der Waals surface area contributed by atoms with E-state index in [0.717, 1.165) is 35.5 Å². The van der Waals surface area contributed by atoms with Crippen LogP contribution < -0.4 is 10.2 Å². The molecule has 0 bridgehead atoms. The van der Waals surface area contributed by atoms with Gasteiger partial charge in [-0.1, -0.05) is 18.2 Å². The minimum atomic E-state index is 0.603. The molecule has 1 saturated carbocycles. The Kier molecular flexibility index (Phi) is 5.81. The largest absolute Gasteiger partial charge is 0.362 e. The highest BCUT2D eigenvalue weighted by atomic mass is 15.2. The van der Waals surface area contributed by atoms with E-state index in [2.05, 4.69) is 59.6 Å². The van der Waals surface area contributed by atoms with Crippen LogP contribution in [0.3, 0.4) is 0 Å². The molecule has 1 aliphatic carbocycles. The van der Waals surface area contributed by atoms with E-state index in [9.17, 15) is 0 Å². The normalized spacial score (nSPS) is 19.6. The molecule has 2 aromatic heterocycles. The molecule has 0 amide bonds. The van der Waals surface area contributed by atoms with Gasteiger partial charge in [-0.25, -0.2) is 9.97 Å². The number of nitrogens with zero attached hydrogens (tertiary/aromatic N) is 4. The van der Waals surface area contributed by atoms with Crippen LogP contribution in [0, 0.1) is 5.92 Å². The van der Waals surface area contributed by atoms with E-state index in [0.29, 0.717) is 12.0 Å². The number of hydrogen-bond acceptors (Lipinski definition) is 5. The fourth-order valence-electron chi connectivity index (χ4n) is 4.13. The number of rotatable bonds is 6. The molecule has 1 aliphatic rings. The van der Waals surface area contributed by atoms with Gasteiger partial charge in [-0.2, -0.15) is 0 Å². The molecule has 4 rings (SSSR count). The lowest BCUT2D eigenvalue weighted by Gasteiger charge is -2.29. The number of para-hydroxylation sites is 1. The van der Waals surface area contributed by atoms with Crippen molar-refractivity contribution in [1.82, 2.24) is 20.3 Å². The molecule has 0 radical (unpaired) electrons. The molecule has 0 spiro atoms. The Morgan fingerprint density at radius 3 is 2.57 bits per heavy atom. The standard InChI is InChI=1S/C23H29N5/c1-28(2)23-20-7-3-4-8-21(20)26-22(27-23)14-17-9-11-19(12-10-17)25-16-18-6-5-13-24-15-18/h3-8,13,15,17,19,25H,9-12,14,16H2,1-2H3. The van der Waals surface area contributed by atoms with E-state index < -0.39 is 0 Å². The molecule has 1 fully saturated rings. The van der Waals surface area contributed by atoms with Crippen LogP contribution in [-0.2, 0) is 13.0 Å². The van der Waals surface area contributed by atoms with Crippen molar-refractivity contribution in [3.8, 4) is 0 Å². The van der Waals surface area contributed by atoms with Crippen LogP contribution in [0.2, 0.25) is 0 Å². The first kappa shape index (κ1) is 18.8. The third-order valence-electron chi connectivity index (χ3n) is 5.69. The molecule has 5 nitrogen and oxygen atoms in total. The van der Waals surface area contributed by atoms with Crippen LogP contribution in [0.25, 0.3) is 10.9 Å². The monoisotopic (exact) mass is 375 g/mol. The first-order valence-corrected chi connectivity index (χ1v) is 10.2. The van der Waals surface area contributed by atoms with Crippen molar-refractivity contribution in [2.75, 3.05) is 19.0 Å². The van der Waals surface area contributed by atoms with Crippen molar-refractivity contribution in [3.05, 3.63) is 60.2 Å². The highest BCUT2D eigenvalue weighted by molar-refractivity contribution is 5.89. The third kappa shape index (κ3) is 4.47. The maximum atomic E-state index is 4.88. The van der Waals surface area contributed by atoms with Crippen LogP contribution in [0.4, 0.5) is 5.82 Å². The van der Waals surface area contributed by atoms with Crippen molar-refractivity contribution >= 4 is 16.7 Å². The summed E-state index contributed by atoms with van der Waals surface area (Å²) in [4.78, 5) is 16.0. The van der Waals surface area contributed by atoms with Crippen molar-refractivity contribution in [2.45, 2.75) is 44.7 Å². The smallest absolute Gasteiger partial charge is 0.139 e. The summed E-state index contributed by atoms with van der Waals surface area (Å²) in [5, 5.41) is 4.82. The lowest BCUT2D eigenvalue weighted by atomic mass is 9.84. The molecule has 1 N–H and O–H groups in total. The predicted molar refractivity (Wildman–Crippen MR) is 114 cm³/mol. The summed E-state index contributed by atoms with van der Waals surface area (Å²) >= 11 is 0. The lowest BCUT2D eigenvalue weighted by Crippen LogP contribution is -2.33. The van der Waals surface area contributed by atoms with Crippen molar-refractivity contribution in [3.63, 3.8) is 0 Å². The quantitative estimate of drug-likeness (QED) is 0.706. The number of fused-ring (bicyclic) bond motifs is 1. The fourth-order valence-corrected chi connectivity index (χ4v) is 4.13. The van der Waals surface area contributed by atoms with E-state index in [1.165, 1.54) is 31.2 Å². The van der Waals surface area contributed by atoms with Crippen LogP contribution in [-0.4, -0.2) is 35.1 Å². The summed E-state index contributed by atoms with van der Waals surface area (Å²) < 4.78 is 0. The van der Waals surface area contributed by atoms with Gasteiger partial charge in [0.15, 0.2) is 0 Å². The summed E-state index contributed by atoms with van der Waals surface area (Å²) in [6.07, 6.45) is 9.65. The predicted octanol–water partition coefficient (Wildman–Crippen LogP) is 3.98. The third-order valence-corrected chi connectivity index (χ3v) is 5.69. The molecule has 0 atom stereocenters. The van der Waals surface area contributed by atoms with Gasteiger partial charge in [-0.3, -0.25) is 4.98 Å². The van der Waals surface area contributed by atoms with Crippen LogP contribution in [0.15, 0.2) is 48.8 Å². The molecule has 146 valence electrons. The second-order valence-electron chi connectivity index (χ2n) is 8.04. The summed E-state index contributed by atoms with van der Waals surface area (Å²) in [5.74, 6) is 2.68. The lowest BCUT2D eigenvalue weighted by molar-refractivity contribution is 0.287. The zero-order valence-corrected chi connectivity index (χ0v) is 16.8. The first-order valence-electron chi connectivity index (χ1n) is 10.2. The summed E-state index contributed by atoms with van der Waals surface area (Å²) in [5.41, 5.74) is 2.30. The van der Waals surface area contributed by atoms with Crippen molar-refractivity contribution in [2.24, 2.45) is 5.92 Å². The van der Waals surface area contributed by atoms with Crippen LogP contribution in [0.1, 0.15) is 37.1 Å². The molecule has 0 unspecified atom stereocenters. The maximum Gasteiger partial charge on any atom is 0.139 e. The Hall–Kier alpha value is -2.53. The Labute approximate surface area is 167 Å². The van der Waals surface area contributed by atoms with Gasteiger partial charge in [0.1, 0.15) is 11.6 Å². The average Bonchev–Trinajstić information content (AvgIpc) is 2.73. The Morgan fingerprint density at radius 1 is 1.00 bits per heavy atom. The van der Waals surface area contributed by atoms with Gasteiger partial charge in [0, 0.05) is 50.9 Å². The molecule has 3 aromatic rings. The number of anilines is 1. The second kappa shape index (κ2) is 8.65. The first-order chi connectivity index (χ1) is 13.7. The maximum absolute atomic E-state index is 4.88. The molecular weight excluding hydrogens is 346 g/mol. The number of aromatic nitrogens is 3. The molecule has 1 aromatic carbocycles. The van der Waals surface area contributed by atoms with Crippen molar-refractivity contribution < 1.29 is 0 Å². The summed E-state index contributed by atoms with van der Waals surface area (Å²) in [7, 11) is 4.11. The van der Waals surface area contributed by atoms with E-state index in [-0.39, 0.29) is 0 Å². The number of nitrogens with one attached hydrogen (secondary N) is 1. The number of benzene rings is 1. The topological polar surface area (TPSA) is 53.9 Å². The van der Waals surface area contributed by atoms with Gasteiger partial charge in [0.25, 0.3) is 0 Å². The van der Waals surface area contributed by atoms with E-state index in [4.69, 9.17) is 9.97 Å². The Bertz CT molecular complexity index is 901. The summed E-state index contributed by atoms with van der Waals surface area (Å²) in [6, 6.07) is 13.0. The van der Waals surface area contributed by atoms with Gasteiger partial charge in [0.05, 0.1) is 5.52 Å². The minimum absolute atomic E-state index is 0.603. The fraction of sp³-hybridized carbons (Fsp3) is 0.435. The molecule has 0 saturated heterocycles. The van der Waals surface area contributed by atoms with Gasteiger partial charge in [-0.05, 0) is 55.4 Å². The zero-order chi connectivity index (χ0) is 19.3.